The molecule has 0 aliphatic carbocycles. The number of nitrogens with one attached hydrogen (secondary N) is 1. The maximum absolute atomic E-state index is 12.7. The molecule has 0 spiro atoms. The number of thiazole rings is 1. The van der Waals surface area contributed by atoms with Crippen LogP contribution in [0, 0.1) is 6.92 Å². The van der Waals surface area contributed by atoms with Crippen LogP contribution < -0.4 is 5.32 Å². The van der Waals surface area contributed by atoms with Gasteiger partial charge in [-0.15, -0.1) is 11.3 Å². The highest BCUT2D eigenvalue weighted by molar-refractivity contribution is 7.17. The van der Waals surface area contributed by atoms with E-state index in [-0.39, 0.29) is 11.9 Å². The minimum Gasteiger partial charge on any atom is -0.344 e. The van der Waals surface area contributed by atoms with E-state index in [4.69, 9.17) is 11.6 Å². The lowest BCUT2D eigenvalue weighted by atomic mass is 10.0. The van der Waals surface area contributed by atoms with E-state index in [0.29, 0.717) is 15.6 Å². The summed E-state index contributed by atoms with van der Waals surface area (Å²) < 4.78 is 0. The molecule has 0 radical (unpaired) electrons. The van der Waals surface area contributed by atoms with Crippen LogP contribution in [0.2, 0.25) is 5.02 Å². The number of carbonyl (C=O) groups is 1. The Bertz CT molecular complexity index is 862. The van der Waals surface area contributed by atoms with E-state index < -0.39 is 0 Å². The minimum absolute atomic E-state index is 0.0652. The van der Waals surface area contributed by atoms with Crippen LogP contribution in [0.1, 0.15) is 40.3 Å². The highest BCUT2D eigenvalue weighted by Crippen LogP contribution is 2.27. The number of hydrogen-bond acceptors (Lipinski definition) is 4. The van der Waals surface area contributed by atoms with Gasteiger partial charge in [-0.2, -0.15) is 0 Å². The fourth-order valence-electron chi connectivity index (χ4n) is 2.55. The standard InChI is InChI=1S/C19H18ClN3OS/c1-3-15(13-7-9-14(20)10-8-13)23-18(24)17-12(2)22-19(25-17)16-6-4-5-11-21-16/h4-11,15H,3H2,1-2H3,(H,23,24)/t15-/m1/s1. The highest BCUT2D eigenvalue weighted by atomic mass is 35.5. The summed E-state index contributed by atoms with van der Waals surface area (Å²) in [5, 5.41) is 4.53. The van der Waals surface area contributed by atoms with Gasteiger partial charge in [0.05, 0.1) is 17.4 Å². The Balaban J connectivity index is 1.81. The molecule has 0 bridgehead atoms. The second kappa shape index (κ2) is 7.76. The number of halogens is 1. The van der Waals surface area contributed by atoms with Crippen molar-refractivity contribution in [3.63, 3.8) is 0 Å². The molecule has 2 heterocycles. The molecule has 3 rings (SSSR count). The number of pyridine rings is 1. The number of aromatic nitrogens is 2. The topological polar surface area (TPSA) is 54.9 Å². The quantitative estimate of drug-likeness (QED) is 0.682. The van der Waals surface area contributed by atoms with Gasteiger partial charge in [0.25, 0.3) is 5.91 Å². The first-order valence-electron chi connectivity index (χ1n) is 8.03. The number of benzene rings is 1. The Morgan fingerprint density at radius 3 is 2.64 bits per heavy atom. The van der Waals surface area contributed by atoms with Crippen molar-refractivity contribution in [2.45, 2.75) is 26.3 Å². The molecule has 1 N–H and O–H groups in total. The van der Waals surface area contributed by atoms with Crippen molar-refractivity contribution in [1.29, 1.82) is 0 Å². The summed E-state index contributed by atoms with van der Waals surface area (Å²) >= 11 is 7.31. The lowest BCUT2D eigenvalue weighted by Gasteiger charge is -2.17. The van der Waals surface area contributed by atoms with Crippen molar-refractivity contribution < 1.29 is 4.79 Å². The van der Waals surface area contributed by atoms with E-state index >= 15 is 0 Å². The van der Waals surface area contributed by atoms with Gasteiger partial charge in [0.2, 0.25) is 0 Å². The summed E-state index contributed by atoms with van der Waals surface area (Å²) in [6.07, 6.45) is 2.51. The highest BCUT2D eigenvalue weighted by Gasteiger charge is 2.20. The smallest absolute Gasteiger partial charge is 0.263 e. The van der Waals surface area contributed by atoms with Crippen molar-refractivity contribution >= 4 is 28.8 Å². The van der Waals surface area contributed by atoms with E-state index in [2.05, 4.69) is 15.3 Å². The summed E-state index contributed by atoms with van der Waals surface area (Å²) in [5.41, 5.74) is 2.53. The van der Waals surface area contributed by atoms with Crippen LogP contribution in [0.15, 0.2) is 48.7 Å². The van der Waals surface area contributed by atoms with Crippen LogP contribution in [0.3, 0.4) is 0 Å². The summed E-state index contributed by atoms with van der Waals surface area (Å²) in [5.74, 6) is -0.112. The molecule has 1 amide bonds. The molecular weight excluding hydrogens is 354 g/mol. The second-order valence-electron chi connectivity index (χ2n) is 5.63. The molecule has 1 atom stereocenters. The fourth-order valence-corrected chi connectivity index (χ4v) is 3.62. The molecule has 4 nitrogen and oxygen atoms in total. The van der Waals surface area contributed by atoms with Gasteiger partial charge in [0.15, 0.2) is 0 Å². The number of hydrogen-bond donors (Lipinski definition) is 1. The van der Waals surface area contributed by atoms with Crippen LogP contribution in [-0.4, -0.2) is 15.9 Å². The van der Waals surface area contributed by atoms with Gasteiger partial charge < -0.3 is 5.32 Å². The van der Waals surface area contributed by atoms with Crippen LogP contribution in [0.5, 0.6) is 0 Å². The van der Waals surface area contributed by atoms with Crippen molar-refractivity contribution in [1.82, 2.24) is 15.3 Å². The monoisotopic (exact) mass is 371 g/mol. The van der Waals surface area contributed by atoms with Crippen LogP contribution in [0.25, 0.3) is 10.7 Å². The number of rotatable bonds is 5. The Labute approximate surface area is 155 Å². The van der Waals surface area contributed by atoms with Gasteiger partial charge in [-0.1, -0.05) is 36.7 Å². The Morgan fingerprint density at radius 2 is 2.00 bits per heavy atom. The van der Waals surface area contributed by atoms with Crippen molar-refractivity contribution in [3.05, 3.63) is 69.8 Å². The van der Waals surface area contributed by atoms with E-state index in [1.54, 1.807) is 6.20 Å². The molecule has 6 heteroatoms. The van der Waals surface area contributed by atoms with E-state index in [9.17, 15) is 4.79 Å². The molecule has 0 aliphatic rings. The average Bonchev–Trinajstić information content (AvgIpc) is 3.03. The molecule has 128 valence electrons. The van der Waals surface area contributed by atoms with E-state index in [0.717, 1.165) is 22.7 Å². The van der Waals surface area contributed by atoms with E-state index in [1.807, 2.05) is 56.3 Å². The van der Waals surface area contributed by atoms with Crippen LogP contribution in [-0.2, 0) is 0 Å². The van der Waals surface area contributed by atoms with Gasteiger partial charge in [-0.3, -0.25) is 9.78 Å². The van der Waals surface area contributed by atoms with Crippen LogP contribution in [0.4, 0.5) is 0 Å². The van der Waals surface area contributed by atoms with Crippen LogP contribution >= 0.6 is 22.9 Å². The molecule has 0 unspecified atom stereocenters. The summed E-state index contributed by atoms with van der Waals surface area (Å²) in [6.45, 7) is 3.89. The molecule has 0 fully saturated rings. The predicted molar refractivity (Wildman–Crippen MR) is 102 cm³/mol. The third-order valence-corrected chi connectivity index (χ3v) is 5.30. The Morgan fingerprint density at radius 1 is 1.24 bits per heavy atom. The molecule has 0 saturated carbocycles. The molecule has 2 aromatic heterocycles. The fraction of sp³-hybridized carbons (Fsp3) is 0.211. The third kappa shape index (κ3) is 4.06. The lowest BCUT2D eigenvalue weighted by molar-refractivity contribution is 0.0939. The number of amides is 1. The zero-order valence-corrected chi connectivity index (χ0v) is 15.6. The molecular formula is C19H18ClN3OS. The van der Waals surface area contributed by atoms with Gasteiger partial charge in [0, 0.05) is 11.2 Å². The lowest BCUT2D eigenvalue weighted by Crippen LogP contribution is -2.28. The number of aryl methyl sites for hydroxylation is 1. The number of nitrogens with zero attached hydrogens (tertiary/aromatic N) is 2. The Kier molecular flexibility index (Phi) is 5.46. The average molecular weight is 372 g/mol. The normalized spacial score (nSPS) is 12.0. The largest absolute Gasteiger partial charge is 0.344 e. The van der Waals surface area contributed by atoms with Gasteiger partial charge in [0.1, 0.15) is 9.88 Å². The van der Waals surface area contributed by atoms with Crippen molar-refractivity contribution in [2.24, 2.45) is 0 Å². The zero-order chi connectivity index (χ0) is 17.8. The van der Waals surface area contributed by atoms with Crippen molar-refractivity contribution in [3.8, 4) is 10.7 Å². The van der Waals surface area contributed by atoms with Gasteiger partial charge in [-0.25, -0.2) is 4.98 Å². The predicted octanol–water partition coefficient (Wildman–Crippen LogP) is 5.05. The first-order valence-corrected chi connectivity index (χ1v) is 9.23. The van der Waals surface area contributed by atoms with Crippen molar-refractivity contribution in [2.75, 3.05) is 0 Å². The third-order valence-electron chi connectivity index (χ3n) is 3.87. The first kappa shape index (κ1) is 17.6. The molecule has 0 saturated heterocycles. The minimum atomic E-state index is -0.112. The zero-order valence-electron chi connectivity index (χ0n) is 14.0. The molecule has 1 aromatic carbocycles. The maximum Gasteiger partial charge on any atom is 0.263 e. The summed E-state index contributed by atoms with van der Waals surface area (Å²) in [4.78, 5) is 22.1. The number of carbonyl (C=O) groups excluding carboxylic acids is 1. The van der Waals surface area contributed by atoms with Gasteiger partial charge in [-0.05, 0) is 43.2 Å². The molecule has 25 heavy (non-hydrogen) atoms. The summed E-state index contributed by atoms with van der Waals surface area (Å²) in [6, 6.07) is 13.1. The first-order chi connectivity index (χ1) is 12.1. The summed E-state index contributed by atoms with van der Waals surface area (Å²) in [7, 11) is 0. The maximum atomic E-state index is 12.7. The SMILES string of the molecule is CC[C@@H](NC(=O)c1sc(-c2ccccn2)nc1C)c1ccc(Cl)cc1. The second-order valence-corrected chi connectivity index (χ2v) is 7.07. The van der Waals surface area contributed by atoms with E-state index in [1.165, 1.54) is 11.3 Å². The van der Waals surface area contributed by atoms with Gasteiger partial charge >= 0.3 is 0 Å². The molecule has 0 aliphatic heterocycles. The Hall–Kier alpha value is -2.24. The molecule has 3 aromatic rings.